The van der Waals surface area contributed by atoms with Gasteiger partial charge in [-0.05, 0) is 90.3 Å². The zero-order valence-electron chi connectivity index (χ0n) is 22.0. The molecular formula is C35H38O2. The first-order chi connectivity index (χ1) is 18.2. The number of hydrogen-bond acceptors (Lipinski definition) is 2. The maximum absolute atomic E-state index is 6.65. The highest BCUT2D eigenvalue weighted by Gasteiger charge is 2.54. The molecule has 3 aromatic rings. The second-order valence-electron chi connectivity index (χ2n) is 11.4. The van der Waals surface area contributed by atoms with Crippen LogP contribution in [-0.4, -0.2) is 6.10 Å². The Balaban J connectivity index is 1.26. The third-order valence-electron chi connectivity index (χ3n) is 9.18. The summed E-state index contributed by atoms with van der Waals surface area (Å²) in [6, 6.07) is 27.8. The van der Waals surface area contributed by atoms with Crippen molar-refractivity contribution in [1.29, 1.82) is 0 Å². The fourth-order valence-corrected chi connectivity index (χ4v) is 7.47. The molecule has 6 rings (SSSR count). The SMILES string of the molecule is C=CCC1=C2c3ccc(OCc4ccccc4)cc3CCC2C2CCC(OCc3ccccc3)[C@@]2(C)C1. The summed E-state index contributed by atoms with van der Waals surface area (Å²) in [4.78, 5) is 0. The molecule has 0 N–H and O–H groups in total. The predicted molar refractivity (Wildman–Crippen MR) is 151 cm³/mol. The third kappa shape index (κ3) is 4.68. The smallest absolute Gasteiger partial charge is 0.120 e. The van der Waals surface area contributed by atoms with E-state index in [9.17, 15) is 0 Å². The van der Waals surface area contributed by atoms with Gasteiger partial charge in [0.05, 0.1) is 12.7 Å². The van der Waals surface area contributed by atoms with Crippen molar-refractivity contribution in [2.24, 2.45) is 17.3 Å². The molecule has 0 aliphatic heterocycles. The van der Waals surface area contributed by atoms with Crippen LogP contribution < -0.4 is 4.74 Å². The van der Waals surface area contributed by atoms with Crippen molar-refractivity contribution in [2.75, 3.05) is 0 Å². The zero-order valence-corrected chi connectivity index (χ0v) is 22.0. The Morgan fingerprint density at radius 2 is 1.62 bits per heavy atom. The van der Waals surface area contributed by atoms with Gasteiger partial charge >= 0.3 is 0 Å². The molecule has 3 unspecified atom stereocenters. The average Bonchev–Trinajstić information content (AvgIpc) is 3.27. The van der Waals surface area contributed by atoms with E-state index in [1.54, 1.807) is 11.1 Å². The molecule has 0 amide bonds. The number of allylic oxidation sites excluding steroid dienone is 3. The van der Waals surface area contributed by atoms with Crippen LogP contribution in [-0.2, 0) is 24.4 Å². The van der Waals surface area contributed by atoms with Gasteiger partial charge in [-0.2, -0.15) is 0 Å². The molecule has 3 aromatic carbocycles. The van der Waals surface area contributed by atoms with Crippen LogP contribution in [0.15, 0.2) is 97.1 Å². The van der Waals surface area contributed by atoms with E-state index in [1.165, 1.54) is 35.1 Å². The summed E-state index contributed by atoms with van der Waals surface area (Å²) in [6.45, 7) is 7.96. The van der Waals surface area contributed by atoms with E-state index < -0.39 is 0 Å². The van der Waals surface area contributed by atoms with Crippen molar-refractivity contribution >= 4 is 5.57 Å². The summed E-state index contributed by atoms with van der Waals surface area (Å²) in [5, 5.41) is 0. The molecular weight excluding hydrogens is 452 g/mol. The van der Waals surface area contributed by atoms with Crippen LogP contribution in [0.2, 0.25) is 0 Å². The molecule has 0 radical (unpaired) electrons. The number of hydrogen-bond donors (Lipinski definition) is 0. The first-order valence-corrected chi connectivity index (χ1v) is 13.9. The minimum atomic E-state index is 0.192. The normalized spacial score (nSPS) is 26.2. The second kappa shape index (κ2) is 10.3. The lowest BCUT2D eigenvalue weighted by Crippen LogP contribution is -2.42. The van der Waals surface area contributed by atoms with Crippen molar-refractivity contribution in [3.05, 3.63) is 119 Å². The van der Waals surface area contributed by atoms with E-state index in [0.717, 1.165) is 31.4 Å². The van der Waals surface area contributed by atoms with Crippen LogP contribution in [0.5, 0.6) is 5.75 Å². The molecule has 0 aromatic heterocycles. The van der Waals surface area contributed by atoms with Gasteiger partial charge < -0.3 is 9.47 Å². The predicted octanol–water partition coefficient (Wildman–Crippen LogP) is 8.56. The lowest BCUT2D eigenvalue weighted by Gasteiger charge is -2.48. The van der Waals surface area contributed by atoms with Crippen molar-refractivity contribution in [2.45, 2.75) is 64.8 Å². The molecule has 0 heterocycles. The van der Waals surface area contributed by atoms with Gasteiger partial charge in [0.25, 0.3) is 0 Å². The Bertz CT molecular complexity index is 1280. The zero-order chi connectivity index (χ0) is 25.2. The van der Waals surface area contributed by atoms with Crippen LogP contribution in [0.3, 0.4) is 0 Å². The second-order valence-corrected chi connectivity index (χ2v) is 11.4. The van der Waals surface area contributed by atoms with E-state index in [2.05, 4.69) is 92.4 Å². The van der Waals surface area contributed by atoms with Crippen molar-refractivity contribution in [1.82, 2.24) is 0 Å². The largest absolute Gasteiger partial charge is 0.489 e. The monoisotopic (exact) mass is 490 g/mol. The molecule has 3 aliphatic carbocycles. The van der Waals surface area contributed by atoms with E-state index in [-0.39, 0.29) is 5.41 Å². The number of aryl methyl sites for hydroxylation is 1. The first kappa shape index (κ1) is 24.2. The molecule has 2 nitrogen and oxygen atoms in total. The van der Waals surface area contributed by atoms with Crippen molar-refractivity contribution < 1.29 is 9.47 Å². The van der Waals surface area contributed by atoms with Gasteiger partial charge in [-0.1, -0.05) is 85.3 Å². The van der Waals surface area contributed by atoms with Crippen LogP contribution in [0.4, 0.5) is 0 Å². The lowest BCUT2D eigenvalue weighted by atomic mass is 9.57. The van der Waals surface area contributed by atoms with Gasteiger partial charge in [-0.3, -0.25) is 0 Å². The fraction of sp³-hybridized carbons (Fsp3) is 0.371. The Labute approximate surface area is 222 Å². The van der Waals surface area contributed by atoms with Crippen molar-refractivity contribution in [3.8, 4) is 5.75 Å². The fourth-order valence-electron chi connectivity index (χ4n) is 7.47. The molecule has 2 heteroatoms. The summed E-state index contributed by atoms with van der Waals surface area (Å²) in [5.41, 5.74) is 8.75. The quantitative estimate of drug-likeness (QED) is 0.294. The van der Waals surface area contributed by atoms with E-state index in [0.29, 0.717) is 31.2 Å². The average molecular weight is 491 g/mol. The molecule has 0 spiro atoms. The maximum Gasteiger partial charge on any atom is 0.120 e. The van der Waals surface area contributed by atoms with Crippen LogP contribution in [0, 0.1) is 17.3 Å². The number of fused-ring (bicyclic) bond motifs is 5. The highest BCUT2D eigenvalue weighted by atomic mass is 16.5. The molecule has 0 saturated heterocycles. The molecule has 190 valence electrons. The van der Waals surface area contributed by atoms with Crippen LogP contribution >= 0.6 is 0 Å². The third-order valence-corrected chi connectivity index (χ3v) is 9.18. The van der Waals surface area contributed by atoms with Gasteiger partial charge in [0.2, 0.25) is 0 Å². The summed E-state index contributed by atoms with van der Waals surface area (Å²) in [6.07, 6.45) is 9.26. The highest BCUT2D eigenvalue weighted by molar-refractivity contribution is 5.76. The Hall–Kier alpha value is -3.10. The van der Waals surface area contributed by atoms with Gasteiger partial charge in [0.15, 0.2) is 0 Å². The standard InChI is InChI=1S/C35H38O2/c1-3-10-28-22-35(2)32(19-20-33(35)37-24-26-13-8-5-9-14-26)31-17-15-27-21-29(16-18-30(27)34(28)31)36-23-25-11-6-4-7-12-25/h3-9,11-14,16,18,21,31-33H,1,10,15,17,19-20,22-24H2,2H3/t31?,32?,33?,35-/m0/s1. The lowest BCUT2D eigenvalue weighted by molar-refractivity contribution is -0.0466. The molecule has 1 saturated carbocycles. The number of rotatable bonds is 8. The van der Waals surface area contributed by atoms with Crippen LogP contribution in [0.25, 0.3) is 5.57 Å². The summed E-state index contributed by atoms with van der Waals surface area (Å²) < 4.78 is 12.8. The van der Waals surface area contributed by atoms with E-state index in [4.69, 9.17) is 9.47 Å². The minimum Gasteiger partial charge on any atom is -0.489 e. The minimum absolute atomic E-state index is 0.192. The van der Waals surface area contributed by atoms with Gasteiger partial charge in [-0.15, -0.1) is 6.58 Å². The number of ether oxygens (including phenoxy) is 2. The molecule has 37 heavy (non-hydrogen) atoms. The molecule has 1 fully saturated rings. The highest BCUT2D eigenvalue weighted by Crippen LogP contribution is 2.61. The molecule has 4 atom stereocenters. The molecule has 0 bridgehead atoms. The van der Waals surface area contributed by atoms with Gasteiger partial charge in [0, 0.05) is 5.41 Å². The number of benzene rings is 3. The summed E-state index contributed by atoms with van der Waals surface area (Å²) in [5.74, 6) is 2.27. The summed E-state index contributed by atoms with van der Waals surface area (Å²) >= 11 is 0. The maximum atomic E-state index is 6.65. The van der Waals surface area contributed by atoms with E-state index >= 15 is 0 Å². The van der Waals surface area contributed by atoms with Crippen LogP contribution in [0.1, 0.15) is 61.3 Å². The Morgan fingerprint density at radius 3 is 2.35 bits per heavy atom. The van der Waals surface area contributed by atoms with E-state index in [1.807, 2.05) is 6.07 Å². The van der Waals surface area contributed by atoms with Crippen molar-refractivity contribution in [3.63, 3.8) is 0 Å². The Morgan fingerprint density at radius 1 is 0.892 bits per heavy atom. The molecule has 3 aliphatic rings. The first-order valence-electron chi connectivity index (χ1n) is 13.9. The van der Waals surface area contributed by atoms with Gasteiger partial charge in [0.1, 0.15) is 12.4 Å². The topological polar surface area (TPSA) is 18.5 Å². The van der Waals surface area contributed by atoms with Gasteiger partial charge in [-0.25, -0.2) is 0 Å². The summed E-state index contributed by atoms with van der Waals surface area (Å²) in [7, 11) is 0. The Kier molecular flexibility index (Phi) is 6.78.